The molecule has 19 heteroatoms. The number of carbonyl (C=O) groups excluding carboxylic acids is 4. The summed E-state index contributed by atoms with van der Waals surface area (Å²) in [5, 5.41) is 10.6. The Hall–Kier alpha value is -2.46. The number of hydrogen-bond donors (Lipinski definition) is 3. The Labute approximate surface area is 580 Å². The lowest BCUT2D eigenvalue weighted by Crippen LogP contribution is -2.30. The molecule has 5 atom stereocenters. The number of aliphatic hydroxyl groups is 1. The van der Waals surface area contributed by atoms with Gasteiger partial charge in [-0.25, -0.2) is 9.13 Å². The molecule has 0 aliphatic carbocycles. The van der Waals surface area contributed by atoms with Gasteiger partial charge in [-0.1, -0.05) is 322 Å². The molecule has 0 amide bonds. The maximum absolute atomic E-state index is 13.1. The van der Waals surface area contributed by atoms with Crippen molar-refractivity contribution < 1.29 is 80.2 Å². The fourth-order valence-electron chi connectivity index (χ4n) is 11.2. The van der Waals surface area contributed by atoms with Gasteiger partial charge in [0.15, 0.2) is 12.2 Å². The number of esters is 4. The molecule has 0 aromatic carbocycles. The molecule has 0 fully saturated rings. The van der Waals surface area contributed by atoms with Crippen molar-refractivity contribution in [2.24, 2.45) is 5.92 Å². The summed E-state index contributed by atoms with van der Waals surface area (Å²) in [6.45, 7) is 7.23. The lowest BCUT2D eigenvalue weighted by molar-refractivity contribution is -0.161. The van der Waals surface area contributed by atoms with Crippen LogP contribution in [0.25, 0.3) is 0 Å². The third kappa shape index (κ3) is 69.8. The van der Waals surface area contributed by atoms with Crippen LogP contribution >= 0.6 is 15.6 Å². The van der Waals surface area contributed by atoms with Crippen LogP contribution in [-0.4, -0.2) is 96.7 Å². The zero-order valence-corrected chi connectivity index (χ0v) is 63.1. The maximum Gasteiger partial charge on any atom is 0.472 e. The van der Waals surface area contributed by atoms with Crippen LogP contribution in [0.2, 0.25) is 0 Å². The maximum atomic E-state index is 13.1. The van der Waals surface area contributed by atoms with Gasteiger partial charge in [-0.15, -0.1) is 0 Å². The van der Waals surface area contributed by atoms with Crippen molar-refractivity contribution in [2.75, 3.05) is 39.6 Å². The summed E-state index contributed by atoms with van der Waals surface area (Å²) in [5.74, 6) is -1.38. The van der Waals surface area contributed by atoms with E-state index >= 15 is 0 Å². The van der Waals surface area contributed by atoms with Crippen molar-refractivity contribution in [3.05, 3.63) is 24.3 Å². The molecule has 2 unspecified atom stereocenters. The van der Waals surface area contributed by atoms with Crippen LogP contribution in [0.5, 0.6) is 0 Å². The van der Waals surface area contributed by atoms with Crippen LogP contribution in [-0.2, 0) is 65.4 Å². The van der Waals surface area contributed by atoms with Gasteiger partial charge in [0.2, 0.25) is 0 Å². The molecule has 17 nitrogen and oxygen atoms in total. The number of rotatable bonds is 74. The van der Waals surface area contributed by atoms with Gasteiger partial charge in [-0.2, -0.15) is 0 Å². The molecule has 3 N–H and O–H groups in total. The number of ether oxygens (including phenoxy) is 4. The smallest absolute Gasteiger partial charge is 0.462 e. The minimum absolute atomic E-state index is 0.0857. The Kier molecular flexibility index (Phi) is 66.9. The summed E-state index contributed by atoms with van der Waals surface area (Å²) in [4.78, 5) is 72.8. The van der Waals surface area contributed by atoms with E-state index in [1.807, 2.05) is 0 Å². The third-order valence-corrected chi connectivity index (χ3v) is 19.1. The standard InChI is InChI=1S/C76H144O17P2/c1-6-9-12-15-18-21-24-26-28-30-35-40-45-50-55-60-74(79)87-66-72(92-75(80)61-56-51-46-41-36-31-29-27-25-22-19-16-13-10-7-2)68-91-95(84,85)89-64-70(77)63-88-94(82,83)90-67-71(65-86-73(78)59-54-49-44-39-33-23-20-17-14-11-8-3)93-76(81)62-57-52-47-42-37-32-34-38-43-48-53-58-69(4)5/h22,25,27,29,69-72,77H,6-21,23-24,26,28,30-68H2,1-5H3,(H,82,83)(H,84,85)/b25-22-,29-27-/t70-,71+,72+/m0/s1. The van der Waals surface area contributed by atoms with Gasteiger partial charge < -0.3 is 33.8 Å². The van der Waals surface area contributed by atoms with Gasteiger partial charge in [-0.3, -0.25) is 37.3 Å². The Morgan fingerprint density at radius 2 is 0.568 bits per heavy atom. The predicted octanol–water partition coefficient (Wildman–Crippen LogP) is 22.0. The number of phosphoric acid groups is 2. The fourth-order valence-corrected chi connectivity index (χ4v) is 12.7. The molecule has 95 heavy (non-hydrogen) atoms. The SMILES string of the molecule is CCCCCC/C=C\C=C/CCCCCCCC(=O)O[C@H](COC(=O)CCCCCCCCCCCCCCCCC)COP(=O)(O)OC[C@@H](O)COP(=O)(O)OC[C@@H](COC(=O)CCCCCCCCCCCCC)OC(=O)CCCCCCCCCCCCCC(C)C. The highest BCUT2D eigenvalue weighted by molar-refractivity contribution is 7.47. The molecule has 0 aliphatic heterocycles. The highest BCUT2D eigenvalue weighted by atomic mass is 31.2. The van der Waals surface area contributed by atoms with E-state index in [0.29, 0.717) is 25.7 Å². The number of carbonyl (C=O) groups is 4. The molecule has 0 rings (SSSR count). The first kappa shape index (κ1) is 92.5. The van der Waals surface area contributed by atoms with E-state index in [1.54, 1.807) is 0 Å². The fraction of sp³-hybridized carbons (Fsp3) is 0.895. The summed E-state index contributed by atoms with van der Waals surface area (Å²) in [7, 11) is -9.92. The van der Waals surface area contributed by atoms with Gasteiger partial charge in [0.05, 0.1) is 26.4 Å². The van der Waals surface area contributed by atoms with E-state index in [9.17, 15) is 43.2 Å². The lowest BCUT2D eigenvalue weighted by Gasteiger charge is -2.21. The molecule has 0 aliphatic rings. The van der Waals surface area contributed by atoms with Crippen LogP contribution in [0.15, 0.2) is 24.3 Å². The first-order valence-electron chi connectivity index (χ1n) is 39.0. The topological polar surface area (TPSA) is 237 Å². The molecular weight excluding hydrogens is 1250 g/mol. The van der Waals surface area contributed by atoms with E-state index in [1.165, 1.54) is 186 Å². The number of allylic oxidation sites excluding steroid dienone is 4. The molecule has 0 aromatic heterocycles. The summed E-state index contributed by atoms with van der Waals surface area (Å²) >= 11 is 0. The number of unbranched alkanes of at least 4 members (excludes halogenated alkanes) is 43. The van der Waals surface area contributed by atoms with Crippen molar-refractivity contribution in [3.63, 3.8) is 0 Å². The second-order valence-electron chi connectivity index (χ2n) is 27.2. The normalized spacial score (nSPS) is 14.1. The van der Waals surface area contributed by atoms with Crippen molar-refractivity contribution in [2.45, 2.75) is 393 Å². The average Bonchev–Trinajstić information content (AvgIpc) is 1.69. The predicted molar refractivity (Wildman–Crippen MR) is 386 cm³/mol. The van der Waals surface area contributed by atoms with Crippen molar-refractivity contribution in [1.82, 2.24) is 0 Å². The molecule has 0 saturated carbocycles. The van der Waals surface area contributed by atoms with Crippen molar-refractivity contribution in [1.29, 1.82) is 0 Å². The molecule has 0 spiro atoms. The van der Waals surface area contributed by atoms with Crippen LogP contribution in [0, 0.1) is 5.92 Å². The van der Waals surface area contributed by atoms with Gasteiger partial charge in [-0.05, 0) is 57.3 Å². The first-order valence-corrected chi connectivity index (χ1v) is 41.9. The van der Waals surface area contributed by atoms with Crippen LogP contribution in [0.4, 0.5) is 0 Å². The summed E-state index contributed by atoms with van der Waals surface area (Å²) in [5.41, 5.74) is 0. The molecule has 0 radical (unpaired) electrons. The lowest BCUT2D eigenvalue weighted by atomic mass is 10.0. The average molecular weight is 1390 g/mol. The first-order chi connectivity index (χ1) is 46.0. The number of aliphatic hydroxyl groups excluding tert-OH is 1. The van der Waals surface area contributed by atoms with Gasteiger partial charge in [0, 0.05) is 25.7 Å². The molecule has 0 bridgehead atoms. The monoisotopic (exact) mass is 1390 g/mol. The van der Waals surface area contributed by atoms with E-state index in [-0.39, 0.29) is 25.7 Å². The van der Waals surface area contributed by atoms with Gasteiger partial charge in [0.25, 0.3) is 0 Å². The minimum Gasteiger partial charge on any atom is -0.462 e. The van der Waals surface area contributed by atoms with E-state index in [2.05, 4.69) is 58.9 Å². The van der Waals surface area contributed by atoms with Crippen LogP contribution < -0.4 is 0 Å². The minimum atomic E-state index is -4.96. The Morgan fingerprint density at radius 3 is 0.863 bits per heavy atom. The zero-order chi connectivity index (χ0) is 69.8. The highest BCUT2D eigenvalue weighted by Gasteiger charge is 2.30. The van der Waals surface area contributed by atoms with E-state index in [0.717, 1.165) is 109 Å². The number of hydrogen-bond acceptors (Lipinski definition) is 15. The Bertz CT molecular complexity index is 1920. The quantitative estimate of drug-likeness (QED) is 0.0169. The molecule has 0 aromatic rings. The van der Waals surface area contributed by atoms with Gasteiger partial charge >= 0.3 is 39.5 Å². The molecular formula is C76H144O17P2. The van der Waals surface area contributed by atoms with Crippen molar-refractivity contribution in [3.8, 4) is 0 Å². The zero-order valence-electron chi connectivity index (χ0n) is 61.3. The van der Waals surface area contributed by atoms with E-state index < -0.39 is 97.5 Å². The second kappa shape index (κ2) is 68.7. The third-order valence-electron chi connectivity index (χ3n) is 17.2. The van der Waals surface area contributed by atoms with Crippen LogP contribution in [0.3, 0.4) is 0 Å². The summed E-state index contributed by atoms with van der Waals surface area (Å²) < 4.78 is 68.5. The van der Waals surface area contributed by atoms with Crippen LogP contribution in [0.1, 0.15) is 375 Å². The largest absolute Gasteiger partial charge is 0.472 e. The van der Waals surface area contributed by atoms with Crippen molar-refractivity contribution >= 4 is 39.5 Å². The number of phosphoric ester groups is 2. The Morgan fingerprint density at radius 1 is 0.326 bits per heavy atom. The van der Waals surface area contributed by atoms with E-state index in [4.69, 9.17) is 37.0 Å². The molecule has 0 heterocycles. The Balaban J connectivity index is 5.29. The second-order valence-corrected chi connectivity index (χ2v) is 30.1. The highest BCUT2D eigenvalue weighted by Crippen LogP contribution is 2.45. The molecule has 0 saturated heterocycles. The van der Waals surface area contributed by atoms with Gasteiger partial charge in [0.1, 0.15) is 19.3 Å². The molecule has 560 valence electrons. The summed E-state index contributed by atoms with van der Waals surface area (Å²) in [6.07, 6.45) is 60.3. The summed E-state index contributed by atoms with van der Waals surface area (Å²) in [6, 6.07) is 0.